The Morgan fingerprint density at radius 1 is 1.26 bits per heavy atom. The molecule has 0 heterocycles. The maximum Gasteiger partial charge on any atom is 0.319 e. The molecule has 0 saturated heterocycles. The Labute approximate surface area is 122 Å². The topological polar surface area (TPSA) is 59.6 Å². The van der Waals surface area contributed by atoms with Crippen LogP contribution in [0.4, 0.5) is 10.5 Å². The monoisotopic (exact) mass is 306 g/mol. The van der Waals surface area contributed by atoms with E-state index in [2.05, 4.69) is 10.6 Å². The first-order valence-electron chi connectivity index (χ1n) is 5.65. The number of carbonyl (C=O) groups excluding carboxylic acids is 1. The zero-order valence-corrected chi connectivity index (χ0v) is 12.3. The standard InChI is InChI=1S/C12H16Cl2N2O3/c1-18-5-3-4-15-12(17)16-8-6-9(13)11(19-2)10(14)7-8/h6-7H,3-5H2,1-2H3,(H2,15,16,17). The van der Waals surface area contributed by atoms with Gasteiger partial charge >= 0.3 is 6.03 Å². The Morgan fingerprint density at radius 3 is 2.42 bits per heavy atom. The Balaban J connectivity index is 2.55. The van der Waals surface area contributed by atoms with Gasteiger partial charge in [0.2, 0.25) is 0 Å². The Morgan fingerprint density at radius 2 is 1.89 bits per heavy atom. The van der Waals surface area contributed by atoms with Crippen molar-refractivity contribution in [3.8, 4) is 5.75 Å². The van der Waals surface area contributed by atoms with Gasteiger partial charge in [0, 0.05) is 25.9 Å². The number of anilines is 1. The third-order valence-corrected chi connectivity index (χ3v) is 2.83. The van der Waals surface area contributed by atoms with Crippen LogP contribution in [0.5, 0.6) is 5.75 Å². The highest BCUT2D eigenvalue weighted by molar-refractivity contribution is 6.37. The molecule has 0 aliphatic rings. The van der Waals surface area contributed by atoms with Crippen LogP contribution in [-0.2, 0) is 4.74 Å². The number of amides is 2. The maximum atomic E-state index is 11.6. The van der Waals surface area contributed by atoms with Crippen molar-refractivity contribution < 1.29 is 14.3 Å². The van der Waals surface area contributed by atoms with Crippen LogP contribution >= 0.6 is 23.2 Å². The first-order valence-corrected chi connectivity index (χ1v) is 6.41. The van der Waals surface area contributed by atoms with Gasteiger partial charge in [0.25, 0.3) is 0 Å². The number of benzene rings is 1. The molecule has 106 valence electrons. The molecule has 0 saturated carbocycles. The van der Waals surface area contributed by atoms with E-state index in [1.807, 2.05) is 0 Å². The lowest BCUT2D eigenvalue weighted by Crippen LogP contribution is -2.30. The summed E-state index contributed by atoms with van der Waals surface area (Å²) in [6.07, 6.45) is 0.744. The van der Waals surface area contributed by atoms with Crippen molar-refractivity contribution in [3.63, 3.8) is 0 Å². The normalized spacial score (nSPS) is 10.1. The summed E-state index contributed by atoms with van der Waals surface area (Å²) in [7, 11) is 3.09. The number of hydrogen-bond acceptors (Lipinski definition) is 3. The number of urea groups is 1. The van der Waals surface area contributed by atoms with E-state index in [0.717, 1.165) is 6.42 Å². The molecule has 1 aromatic rings. The second-order valence-electron chi connectivity index (χ2n) is 3.70. The van der Waals surface area contributed by atoms with Crippen molar-refractivity contribution in [1.82, 2.24) is 5.32 Å². The average molecular weight is 307 g/mol. The van der Waals surface area contributed by atoms with E-state index in [0.29, 0.717) is 34.6 Å². The molecule has 2 amide bonds. The molecule has 0 fully saturated rings. The van der Waals surface area contributed by atoms with Crippen molar-refractivity contribution in [3.05, 3.63) is 22.2 Å². The molecule has 0 radical (unpaired) electrons. The van der Waals surface area contributed by atoms with Crippen LogP contribution in [0.15, 0.2) is 12.1 Å². The lowest BCUT2D eigenvalue weighted by Gasteiger charge is -2.10. The van der Waals surface area contributed by atoms with Crippen LogP contribution < -0.4 is 15.4 Å². The summed E-state index contributed by atoms with van der Waals surface area (Å²) in [6, 6.07) is 2.82. The molecule has 0 aromatic heterocycles. The summed E-state index contributed by atoms with van der Waals surface area (Å²) >= 11 is 11.9. The van der Waals surface area contributed by atoms with E-state index < -0.39 is 0 Å². The van der Waals surface area contributed by atoms with E-state index in [1.54, 1.807) is 19.2 Å². The predicted octanol–water partition coefficient (Wildman–Crippen LogP) is 3.16. The Kier molecular flexibility index (Phi) is 6.77. The molecule has 2 N–H and O–H groups in total. The van der Waals surface area contributed by atoms with Gasteiger partial charge in [-0.2, -0.15) is 0 Å². The summed E-state index contributed by atoms with van der Waals surface area (Å²) in [6.45, 7) is 1.12. The van der Waals surface area contributed by atoms with Crippen molar-refractivity contribution >= 4 is 34.9 Å². The smallest absolute Gasteiger partial charge is 0.319 e. The largest absolute Gasteiger partial charge is 0.494 e. The zero-order valence-electron chi connectivity index (χ0n) is 10.8. The molecule has 5 nitrogen and oxygen atoms in total. The molecular formula is C12H16Cl2N2O3. The van der Waals surface area contributed by atoms with E-state index >= 15 is 0 Å². The molecule has 1 aromatic carbocycles. The lowest BCUT2D eigenvalue weighted by atomic mass is 10.3. The van der Waals surface area contributed by atoms with Gasteiger partial charge < -0.3 is 20.1 Å². The Hall–Kier alpha value is -1.17. The first-order chi connectivity index (χ1) is 9.08. The quantitative estimate of drug-likeness (QED) is 0.794. The van der Waals surface area contributed by atoms with Crippen molar-refractivity contribution in [2.45, 2.75) is 6.42 Å². The molecular weight excluding hydrogens is 291 g/mol. The number of carbonyl (C=O) groups is 1. The van der Waals surface area contributed by atoms with Crippen molar-refractivity contribution in [2.24, 2.45) is 0 Å². The van der Waals surface area contributed by atoms with Gasteiger partial charge in [0.05, 0.1) is 17.2 Å². The molecule has 19 heavy (non-hydrogen) atoms. The molecule has 0 unspecified atom stereocenters. The number of halogens is 2. The summed E-state index contributed by atoms with van der Waals surface area (Å²) < 4.78 is 9.90. The van der Waals surface area contributed by atoms with E-state index in [-0.39, 0.29) is 6.03 Å². The third kappa shape index (κ3) is 5.14. The predicted molar refractivity (Wildman–Crippen MR) is 76.5 cm³/mol. The van der Waals surface area contributed by atoms with Gasteiger partial charge in [0.1, 0.15) is 0 Å². The van der Waals surface area contributed by atoms with Crippen LogP contribution in [0, 0.1) is 0 Å². The molecule has 1 rings (SSSR count). The minimum Gasteiger partial charge on any atom is -0.494 e. The number of rotatable bonds is 6. The van der Waals surface area contributed by atoms with Gasteiger partial charge in [-0.25, -0.2) is 4.79 Å². The van der Waals surface area contributed by atoms with Crippen LogP contribution in [0.2, 0.25) is 10.0 Å². The van der Waals surface area contributed by atoms with Crippen LogP contribution in [-0.4, -0.2) is 33.4 Å². The average Bonchev–Trinajstić information content (AvgIpc) is 2.34. The summed E-state index contributed by atoms with van der Waals surface area (Å²) in [5.41, 5.74) is 0.500. The highest BCUT2D eigenvalue weighted by Gasteiger charge is 2.10. The lowest BCUT2D eigenvalue weighted by molar-refractivity contribution is 0.194. The first kappa shape index (κ1) is 15.9. The van der Waals surface area contributed by atoms with Gasteiger partial charge in [-0.05, 0) is 18.6 Å². The molecule has 7 heteroatoms. The summed E-state index contributed by atoms with van der Waals surface area (Å²) in [5.74, 6) is 0.384. The minimum atomic E-state index is -0.326. The fourth-order valence-electron chi connectivity index (χ4n) is 1.42. The molecule has 0 atom stereocenters. The van der Waals surface area contributed by atoms with Gasteiger partial charge in [0.15, 0.2) is 5.75 Å². The minimum absolute atomic E-state index is 0.326. The van der Waals surface area contributed by atoms with Crippen LogP contribution in [0.3, 0.4) is 0 Å². The molecule has 0 aliphatic carbocycles. The van der Waals surface area contributed by atoms with Gasteiger partial charge in [-0.3, -0.25) is 0 Å². The van der Waals surface area contributed by atoms with Crippen LogP contribution in [0.1, 0.15) is 6.42 Å². The molecule has 0 spiro atoms. The van der Waals surface area contributed by atoms with Gasteiger partial charge in [-0.1, -0.05) is 23.2 Å². The fraction of sp³-hybridized carbons (Fsp3) is 0.417. The second kappa shape index (κ2) is 8.09. The zero-order chi connectivity index (χ0) is 14.3. The highest BCUT2D eigenvalue weighted by Crippen LogP contribution is 2.35. The SMILES string of the molecule is COCCCNC(=O)Nc1cc(Cl)c(OC)c(Cl)c1. The second-order valence-corrected chi connectivity index (χ2v) is 4.51. The maximum absolute atomic E-state index is 11.6. The fourth-order valence-corrected chi connectivity index (χ4v) is 2.06. The van der Waals surface area contributed by atoms with E-state index in [4.69, 9.17) is 32.7 Å². The molecule has 0 aliphatic heterocycles. The third-order valence-electron chi connectivity index (χ3n) is 2.27. The number of hydrogen-bond donors (Lipinski definition) is 2. The van der Waals surface area contributed by atoms with Gasteiger partial charge in [-0.15, -0.1) is 0 Å². The van der Waals surface area contributed by atoms with Crippen molar-refractivity contribution in [2.75, 3.05) is 32.7 Å². The van der Waals surface area contributed by atoms with Crippen LogP contribution in [0.25, 0.3) is 0 Å². The number of ether oxygens (including phenoxy) is 2. The molecule has 0 bridgehead atoms. The van der Waals surface area contributed by atoms with E-state index in [9.17, 15) is 4.79 Å². The number of methoxy groups -OCH3 is 2. The Bertz CT molecular complexity index is 418. The summed E-state index contributed by atoms with van der Waals surface area (Å²) in [5, 5.41) is 6.00. The number of nitrogens with one attached hydrogen (secondary N) is 2. The van der Waals surface area contributed by atoms with Crippen molar-refractivity contribution in [1.29, 1.82) is 0 Å². The van der Waals surface area contributed by atoms with E-state index in [1.165, 1.54) is 7.11 Å². The highest BCUT2D eigenvalue weighted by atomic mass is 35.5. The summed E-state index contributed by atoms with van der Waals surface area (Å²) in [4.78, 5) is 11.6.